The summed E-state index contributed by atoms with van der Waals surface area (Å²) in [5.74, 6) is 1.00. The van der Waals surface area contributed by atoms with Gasteiger partial charge < -0.3 is 10.3 Å². The maximum absolute atomic E-state index is 5.95. The van der Waals surface area contributed by atoms with Gasteiger partial charge in [-0.3, -0.25) is 0 Å². The van der Waals surface area contributed by atoms with Gasteiger partial charge in [0.2, 0.25) is 0 Å². The largest absolute Gasteiger partial charge is 0.349 e. The fourth-order valence-electron chi connectivity index (χ4n) is 1.54. The Bertz CT molecular complexity index is 471. The van der Waals surface area contributed by atoms with Crippen LogP contribution in [-0.4, -0.2) is 16.5 Å². The first-order valence-corrected chi connectivity index (χ1v) is 6.55. The maximum Gasteiger partial charge on any atom is 0.107 e. The van der Waals surface area contributed by atoms with Gasteiger partial charge in [0.1, 0.15) is 5.82 Å². The van der Waals surface area contributed by atoms with Crippen molar-refractivity contribution >= 4 is 27.5 Å². The van der Waals surface area contributed by atoms with Crippen molar-refractivity contribution < 1.29 is 0 Å². The van der Waals surface area contributed by atoms with Gasteiger partial charge >= 0.3 is 0 Å². The fraction of sp³-hybridized carbons (Fsp3) is 0.250. The van der Waals surface area contributed by atoms with Crippen LogP contribution in [-0.2, 0) is 13.0 Å². The molecule has 0 bridgehead atoms. The van der Waals surface area contributed by atoms with Crippen LogP contribution in [0.5, 0.6) is 0 Å². The number of benzene rings is 1. The monoisotopic (exact) mass is 313 g/mol. The summed E-state index contributed by atoms with van der Waals surface area (Å²) in [6.45, 7) is 1.67. The number of nitrogens with zero attached hydrogens (tertiary/aromatic N) is 1. The molecule has 0 saturated heterocycles. The summed E-state index contributed by atoms with van der Waals surface area (Å²) < 4.78 is 1.08. The molecule has 5 heteroatoms. The molecule has 0 unspecified atom stereocenters. The number of halogens is 2. The second kappa shape index (κ2) is 6.19. The van der Waals surface area contributed by atoms with Gasteiger partial charge in [0, 0.05) is 41.4 Å². The topological polar surface area (TPSA) is 40.7 Å². The highest BCUT2D eigenvalue weighted by molar-refractivity contribution is 9.10. The number of H-pyrrole nitrogens is 1. The van der Waals surface area contributed by atoms with E-state index in [2.05, 4.69) is 31.2 Å². The Morgan fingerprint density at radius 2 is 2.29 bits per heavy atom. The number of aromatic amines is 1. The lowest BCUT2D eigenvalue weighted by Crippen LogP contribution is -2.17. The van der Waals surface area contributed by atoms with Crippen molar-refractivity contribution in [3.63, 3.8) is 0 Å². The number of aromatic nitrogens is 2. The number of rotatable bonds is 5. The second-order valence-corrected chi connectivity index (χ2v) is 4.99. The molecule has 3 nitrogen and oxygen atoms in total. The van der Waals surface area contributed by atoms with Gasteiger partial charge in [-0.1, -0.05) is 27.5 Å². The van der Waals surface area contributed by atoms with E-state index in [9.17, 15) is 0 Å². The minimum absolute atomic E-state index is 0.760. The Morgan fingerprint density at radius 1 is 1.41 bits per heavy atom. The van der Waals surface area contributed by atoms with Gasteiger partial charge in [-0.2, -0.15) is 0 Å². The average molecular weight is 315 g/mol. The van der Waals surface area contributed by atoms with Gasteiger partial charge in [0.15, 0.2) is 0 Å². The molecule has 0 spiro atoms. The molecule has 1 aromatic carbocycles. The number of nitrogens with one attached hydrogen (secondary N) is 2. The molecule has 1 aromatic heterocycles. The van der Waals surface area contributed by atoms with Crippen LogP contribution in [0.4, 0.5) is 0 Å². The summed E-state index contributed by atoms with van der Waals surface area (Å²) in [5.41, 5.74) is 1.16. The highest BCUT2D eigenvalue weighted by atomic mass is 79.9. The molecule has 0 fully saturated rings. The van der Waals surface area contributed by atoms with Crippen molar-refractivity contribution in [2.45, 2.75) is 13.0 Å². The molecule has 0 aliphatic rings. The van der Waals surface area contributed by atoms with Crippen molar-refractivity contribution in [2.75, 3.05) is 6.54 Å². The van der Waals surface area contributed by atoms with E-state index in [1.54, 1.807) is 6.20 Å². The molecular formula is C12H13BrClN3. The Morgan fingerprint density at radius 3 is 3.06 bits per heavy atom. The van der Waals surface area contributed by atoms with Crippen LogP contribution in [0.3, 0.4) is 0 Å². The summed E-state index contributed by atoms with van der Waals surface area (Å²) in [6, 6.07) is 5.80. The van der Waals surface area contributed by atoms with E-state index in [0.717, 1.165) is 40.4 Å². The molecule has 0 aliphatic heterocycles. The average Bonchev–Trinajstić information content (AvgIpc) is 2.82. The first kappa shape index (κ1) is 12.6. The van der Waals surface area contributed by atoms with Crippen molar-refractivity contribution in [1.29, 1.82) is 0 Å². The van der Waals surface area contributed by atoms with Crippen LogP contribution in [0.25, 0.3) is 0 Å². The predicted molar refractivity (Wildman–Crippen MR) is 73.2 cm³/mol. The smallest absolute Gasteiger partial charge is 0.107 e. The van der Waals surface area contributed by atoms with Crippen molar-refractivity contribution in [1.82, 2.24) is 15.3 Å². The van der Waals surface area contributed by atoms with E-state index < -0.39 is 0 Å². The third kappa shape index (κ3) is 3.84. The third-order valence-electron chi connectivity index (χ3n) is 2.42. The van der Waals surface area contributed by atoms with E-state index in [0.29, 0.717) is 0 Å². The quantitative estimate of drug-likeness (QED) is 0.832. The highest BCUT2D eigenvalue weighted by Crippen LogP contribution is 2.20. The lowest BCUT2D eigenvalue weighted by Gasteiger charge is -2.06. The Labute approximate surface area is 114 Å². The zero-order valence-electron chi connectivity index (χ0n) is 9.21. The number of hydrogen-bond acceptors (Lipinski definition) is 2. The van der Waals surface area contributed by atoms with E-state index in [-0.39, 0.29) is 0 Å². The van der Waals surface area contributed by atoms with Crippen LogP contribution in [0.2, 0.25) is 5.02 Å². The number of hydrogen-bond donors (Lipinski definition) is 2. The first-order chi connectivity index (χ1) is 8.25. The second-order valence-electron chi connectivity index (χ2n) is 3.70. The predicted octanol–water partition coefficient (Wildman–Crippen LogP) is 3.16. The molecule has 0 atom stereocenters. The Hall–Kier alpha value is -0.840. The van der Waals surface area contributed by atoms with Crippen LogP contribution >= 0.6 is 27.5 Å². The molecule has 2 N–H and O–H groups in total. The van der Waals surface area contributed by atoms with Crippen molar-refractivity contribution in [2.24, 2.45) is 0 Å². The highest BCUT2D eigenvalue weighted by Gasteiger charge is 2.01. The zero-order chi connectivity index (χ0) is 12.1. The van der Waals surface area contributed by atoms with Crippen LogP contribution in [0.1, 0.15) is 11.4 Å². The SMILES string of the molecule is Clc1ccc(Br)c(CNCCc2ncc[nH]2)c1. The molecule has 17 heavy (non-hydrogen) atoms. The van der Waals surface area contributed by atoms with Crippen LogP contribution < -0.4 is 5.32 Å². The molecule has 2 aromatic rings. The normalized spacial score (nSPS) is 10.7. The molecule has 90 valence electrons. The van der Waals surface area contributed by atoms with Crippen LogP contribution in [0, 0.1) is 0 Å². The van der Waals surface area contributed by atoms with Gasteiger partial charge in [-0.25, -0.2) is 4.98 Å². The minimum atomic E-state index is 0.760. The standard InChI is InChI=1S/C12H13BrClN3/c13-11-2-1-10(14)7-9(11)8-15-4-3-12-16-5-6-17-12/h1-2,5-7,15H,3-4,8H2,(H,16,17). The molecule has 0 aliphatic carbocycles. The molecule has 0 saturated carbocycles. The van der Waals surface area contributed by atoms with Crippen LogP contribution in [0.15, 0.2) is 35.1 Å². The minimum Gasteiger partial charge on any atom is -0.349 e. The Kier molecular flexibility index (Phi) is 4.59. The van der Waals surface area contributed by atoms with E-state index in [1.165, 1.54) is 0 Å². The summed E-state index contributed by atoms with van der Waals surface area (Å²) in [7, 11) is 0. The maximum atomic E-state index is 5.95. The van der Waals surface area contributed by atoms with Gasteiger partial charge in [0.25, 0.3) is 0 Å². The van der Waals surface area contributed by atoms with Gasteiger partial charge in [-0.15, -0.1) is 0 Å². The van der Waals surface area contributed by atoms with Gasteiger partial charge in [0.05, 0.1) is 0 Å². The molecule has 1 heterocycles. The summed E-state index contributed by atoms with van der Waals surface area (Å²) in [6.07, 6.45) is 4.50. The lowest BCUT2D eigenvalue weighted by molar-refractivity contribution is 0.672. The number of imidazole rings is 1. The summed E-state index contributed by atoms with van der Waals surface area (Å²) in [4.78, 5) is 7.24. The molecule has 0 radical (unpaired) electrons. The summed E-state index contributed by atoms with van der Waals surface area (Å²) >= 11 is 9.45. The van der Waals surface area contributed by atoms with E-state index in [4.69, 9.17) is 11.6 Å². The summed E-state index contributed by atoms with van der Waals surface area (Å²) in [5, 5.41) is 4.12. The zero-order valence-corrected chi connectivity index (χ0v) is 11.6. The van der Waals surface area contributed by atoms with E-state index in [1.807, 2.05) is 24.4 Å². The van der Waals surface area contributed by atoms with E-state index >= 15 is 0 Å². The molecule has 2 rings (SSSR count). The Balaban J connectivity index is 1.80. The third-order valence-corrected chi connectivity index (χ3v) is 3.43. The van der Waals surface area contributed by atoms with Crippen molar-refractivity contribution in [3.05, 3.63) is 51.5 Å². The first-order valence-electron chi connectivity index (χ1n) is 5.38. The van der Waals surface area contributed by atoms with Crippen molar-refractivity contribution in [3.8, 4) is 0 Å². The molecule has 0 amide bonds. The molecular weight excluding hydrogens is 302 g/mol. The lowest BCUT2D eigenvalue weighted by atomic mass is 10.2. The van der Waals surface area contributed by atoms with Gasteiger partial charge in [-0.05, 0) is 23.8 Å². The fourth-order valence-corrected chi connectivity index (χ4v) is 2.12.